The summed E-state index contributed by atoms with van der Waals surface area (Å²) < 4.78 is 56.1. The van der Waals surface area contributed by atoms with Crippen LogP contribution in [-0.2, 0) is 54.0 Å². The summed E-state index contributed by atoms with van der Waals surface area (Å²) in [6.07, 6.45) is -46.2. The monoisotopic (exact) mass is 918 g/mol. The van der Waals surface area contributed by atoms with E-state index in [9.17, 15) is 81.7 Å². The van der Waals surface area contributed by atoms with Crippen molar-refractivity contribution in [2.24, 2.45) is 0 Å². The van der Waals surface area contributed by atoms with Crippen LogP contribution in [0.15, 0.2) is 30.3 Å². The van der Waals surface area contributed by atoms with Gasteiger partial charge in [-0.1, -0.05) is 30.3 Å². The lowest BCUT2D eigenvalue weighted by Gasteiger charge is -2.49. The normalized spacial score (nSPS) is 48.5. The van der Waals surface area contributed by atoms with Gasteiger partial charge in [-0.15, -0.1) is 0 Å². The van der Waals surface area contributed by atoms with Crippen molar-refractivity contribution in [2.45, 2.75) is 160 Å². The quantitative estimate of drug-likeness (QED) is 0.0732. The van der Waals surface area contributed by atoms with E-state index in [4.69, 9.17) is 47.4 Å². The van der Waals surface area contributed by atoms with Gasteiger partial charge in [0.25, 0.3) is 0 Å². The van der Waals surface area contributed by atoms with Crippen LogP contribution in [0.25, 0.3) is 0 Å². The molecule has 5 aliphatic heterocycles. The lowest BCUT2D eigenvalue weighted by atomic mass is 9.95. The largest absolute Gasteiger partial charge is 0.394 e. The summed E-state index contributed by atoms with van der Waals surface area (Å²) in [5.41, 5.74) is 0.680. The van der Waals surface area contributed by atoms with Gasteiger partial charge in [0.15, 0.2) is 31.5 Å². The molecule has 0 aliphatic carbocycles. The number of hydrogen-bond donors (Lipinski definition) is 16. The van der Waals surface area contributed by atoms with Gasteiger partial charge in [0.2, 0.25) is 0 Å². The SMILES string of the molecule is OCC1O[C@@H](O[C@@H]2C(O)[C@H](O[C@@H]3C(O)[C@H](O[C@@H]4C(O)[C@H](O[C@@H]5C(O)[C@H](OCc6ccccc6)OC(CO)[C@@H]5O)OC(CO)[C@@H]4O)OC(CO)[C@@H]3O)OC(CO)[C@@H]2O)C(O)[C@@H](O)[C@H]1O. The zero-order valence-electron chi connectivity index (χ0n) is 33.3. The molecule has 1 aromatic carbocycles. The zero-order chi connectivity index (χ0) is 45.9. The highest BCUT2D eigenvalue weighted by molar-refractivity contribution is 5.13. The van der Waals surface area contributed by atoms with Gasteiger partial charge in [-0.3, -0.25) is 0 Å². The minimum absolute atomic E-state index is 0.0783. The van der Waals surface area contributed by atoms with E-state index >= 15 is 0 Å². The third-order valence-corrected chi connectivity index (χ3v) is 11.6. The Morgan fingerprint density at radius 1 is 0.333 bits per heavy atom. The standard InChI is InChI=1S/C37H58O26/c38-6-13-18(43)23(48)24(49)34(56-13)60-30-20(45)15(8-40)58-36(26(30)51)62-32-22(47)17(10-42)59-37(28(32)53)63-31-21(46)16(9-41)57-35(27(31)52)61-29-19(44)14(7-39)55-33(25(29)50)54-11-12-4-2-1-3-5-12/h1-5,13-53H,6-11H2/t13?,14?,15?,16?,17?,18-,19-,20-,21-,22-,23-,24?,25?,26?,27?,28?,29-,30-,31-,32-,33+,34-,35-,36-,37-/m0/s1. The first-order valence-corrected chi connectivity index (χ1v) is 20.2. The Labute approximate surface area is 358 Å². The average molecular weight is 919 g/mol. The topological polar surface area (TPSA) is 416 Å². The molecule has 5 saturated heterocycles. The van der Waals surface area contributed by atoms with Crippen molar-refractivity contribution in [1.29, 1.82) is 0 Å². The molecule has 0 radical (unpaired) electrons. The maximum atomic E-state index is 11.5. The van der Waals surface area contributed by atoms with Crippen molar-refractivity contribution < 1.29 is 129 Å². The van der Waals surface area contributed by atoms with Crippen molar-refractivity contribution in [3.8, 4) is 0 Å². The molecule has 0 saturated carbocycles. The van der Waals surface area contributed by atoms with Crippen LogP contribution in [0, 0.1) is 0 Å². The highest BCUT2D eigenvalue weighted by Crippen LogP contribution is 2.36. The summed E-state index contributed by atoms with van der Waals surface area (Å²) in [6.45, 7) is -4.57. The Hall–Kier alpha value is -1.82. The van der Waals surface area contributed by atoms with Gasteiger partial charge in [-0.2, -0.15) is 0 Å². The number of benzene rings is 1. The van der Waals surface area contributed by atoms with E-state index in [1.54, 1.807) is 30.3 Å². The summed E-state index contributed by atoms with van der Waals surface area (Å²) in [7, 11) is 0. The number of aliphatic hydroxyl groups is 16. The molecule has 0 aromatic heterocycles. The molecule has 1 aromatic rings. The molecule has 25 atom stereocenters. The molecular formula is C37H58O26. The number of hydrogen-bond acceptors (Lipinski definition) is 26. The molecule has 5 fully saturated rings. The summed E-state index contributed by atoms with van der Waals surface area (Å²) in [6, 6.07) is 8.71. The highest BCUT2D eigenvalue weighted by Gasteiger charge is 2.57. The van der Waals surface area contributed by atoms with E-state index in [2.05, 4.69) is 0 Å². The Balaban J connectivity index is 1.17. The van der Waals surface area contributed by atoms with Crippen LogP contribution in [0.2, 0.25) is 0 Å². The predicted octanol–water partition coefficient (Wildman–Crippen LogP) is -9.70. The molecule has 16 N–H and O–H groups in total. The maximum absolute atomic E-state index is 11.5. The van der Waals surface area contributed by atoms with Crippen LogP contribution < -0.4 is 0 Å². The fourth-order valence-electron chi connectivity index (χ4n) is 7.88. The van der Waals surface area contributed by atoms with Crippen LogP contribution in [0.1, 0.15) is 5.56 Å². The smallest absolute Gasteiger partial charge is 0.187 e. The molecule has 10 unspecified atom stereocenters. The molecule has 0 amide bonds. The second kappa shape index (κ2) is 22.3. The first-order valence-electron chi connectivity index (χ1n) is 20.2. The lowest BCUT2D eigenvalue weighted by molar-refractivity contribution is -0.395. The number of ether oxygens (including phenoxy) is 10. The van der Waals surface area contributed by atoms with Crippen molar-refractivity contribution in [1.82, 2.24) is 0 Å². The number of aliphatic hydroxyl groups excluding tert-OH is 16. The molecule has 26 heteroatoms. The van der Waals surface area contributed by atoms with Crippen LogP contribution in [0.4, 0.5) is 0 Å². The molecule has 26 nitrogen and oxygen atoms in total. The van der Waals surface area contributed by atoms with Gasteiger partial charge in [-0.25, -0.2) is 0 Å². The molecule has 0 bridgehead atoms. The van der Waals surface area contributed by atoms with Crippen LogP contribution >= 0.6 is 0 Å². The van der Waals surface area contributed by atoms with Gasteiger partial charge < -0.3 is 129 Å². The maximum Gasteiger partial charge on any atom is 0.187 e. The Kier molecular flexibility index (Phi) is 17.9. The van der Waals surface area contributed by atoms with E-state index < -0.39 is 187 Å². The molecule has 5 aliphatic rings. The van der Waals surface area contributed by atoms with E-state index in [1.165, 1.54) is 0 Å². The van der Waals surface area contributed by atoms with E-state index in [-0.39, 0.29) is 6.61 Å². The molecule has 6 rings (SSSR count). The van der Waals surface area contributed by atoms with E-state index in [0.717, 1.165) is 0 Å². The fraction of sp³-hybridized carbons (Fsp3) is 0.838. The van der Waals surface area contributed by atoms with Gasteiger partial charge in [0.05, 0.1) is 39.6 Å². The number of rotatable bonds is 16. The molecule has 5 heterocycles. The Morgan fingerprint density at radius 2 is 0.619 bits per heavy atom. The summed E-state index contributed by atoms with van der Waals surface area (Å²) in [5.74, 6) is 0. The summed E-state index contributed by atoms with van der Waals surface area (Å²) >= 11 is 0. The second-order valence-electron chi connectivity index (χ2n) is 15.7. The Bertz CT molecular complexity index is 1520. The third-order valence-electron chi connectivity index (χ3n) is 11.6. The minimum atomic E-state index is -2.18. The van der Waals surface area contributed by atoms with Crippen LogP contribution in [0.5, 0.6) is 0 Å². The summed E-state index contributed by atoms with van der Waals surface area (Å²) in [5, 5.41) is 170. The van der Waals surface area contributed by atoms with Crippen molar-refractivity contribution >= 4 is 0 Å². The minimum Gasteiger partial charge on any atom is -0.394 e. The molecule has 63 heavy (non-hydrogen) atoms. The van der Waals surface area contributed by atoms with E-state index in [0.29, 0.717) is 5.56 Å². The predicted molar refractivity (Wildman–Crippen MR) is 196 cm³/mol. The van der Waals surface area contributed by atoms with Gasteiger partial charge >= 0.3 is 0 Å². The van der Waals surface area contributed by atoms with Gasteiger partial charge in [-0.05, 0) is 5.56 Å². The summed E-state index contributed by atoms with van der Waals surface area (Å²) in [4.78, 5) is 0. The van der Waals surface area contributed by atoms with Crippen LogP contribution in [0.3, 0.4) is 0 Å². The van der Waals surface area contributed by atoms with Crippen molar-refractivity contribution in [3.63, 3.8) is 0 Å². The van der Waals surface area contributed by atoms with E-state index in [1.807, 2.05) is 0 Å². The third kappa shape index (κ3) is 10.8. The highest BCUT2D eigenvalue weighted by atomic mass is 16.8. The van der Waals surface area contributed by atoms with Gasteiger partial charge in [0, 0.05) is 0 Å². The Morgan fingerprint density at radius 3 is 0.952 bits per heavy atom. The van der Waals surface area contributed by atoms with Crippen molar-refractivity contribution in [3.05, 3.63) is 35.9 Å². The fourth-order valence-corrected chi connectivity index (χ4v) is 7.88. The first-order chi connectivity index (χ1) is 30.1. The zero-order valence-corrected chi connectivity index (χ0v) is 33.3. The van der Waals surface area contributed by atoms with Gasteiger partial charge in [0.1, 0.15) is 122 Å². The molecule has 362 valence electrons. The van der Waals surface area contributed by atoms with Crippen LogP contribution in [-0.4, -0.2) is 268 Å². The first kappa shape index (κ1) is 50.6. The lowest BCUT2D eigenvalue weighted by Crippen LogP contribution is -2.68. The molecule has 0 spiro atoms. The average Bonchev–Trinajstić information content (AvgIpc) is 3.28. The molecular weight excluding hydrogens is 860 g/mol. The van der Waals surface area contributed by atoms with Crippen molar-refractivity contribution in [2.75, 3.05) is 33.0 Å². The second-order valence-corrected chi connectivity index (χ2v) is 15.7.